The molecule has 0 saturated heterocycles. The van der Waals surface area contributed by atoms with Crippen molar-refractivity contribution >= 4 is 12.0 Å². The Bertz CT molecular complexity index is 460. The average Bonchev–Trinajstić information content (AvgIpc) is 2.35. The van der Waals surface area contributed by atoms with Crippen LogP contribution < -0.4 is 5.32 Å². The molecule has 104 valence electrons. The third-order valence-corrected chi connectivity index (χ3v) is 2.50. The van der Waals surface area contributed by atoms with Gasteiger partial charge in [-0.1, -0.05) is 12.1 Å². The molecule has 0 spiro atoms. The van der Waals surface area contributed by atoms with E-state index in [0.29, 0.717) is 5.56 Å². The van der Waals surface area contributed by atoms with E-state index in [4.69, 9.17) is 10.2 Å². The van der Waals surface area contributed by atoms with Gasteiger partial charge in [-0.3, -0.25) is 0 Å². The minimum atomic E-state index is -1.00. The molecular weight excluding hydrogens is 248 g/mol. The molecule has 1 unspecified atom stereocenters. The van der Waals surface area contributed by atoms with Crippen molar-refractivity contribution in [1.29, 1.82) is 0 Å². The first kappa shape index (κ1) is 15.0. The predicted octanol–water partition coefficient (Wildman–Crippen LogP) is 0.907. The van der Waals surface area contributed by atoms with Crippen LogP contribution in [0.5, 0.6) is 0 Å². The number of hydrogen-bond acceptors (Lipinski definition) is 3. The van der Waals surface area contributed by atoms with Gasteiger partial charge in [0.1, 0.15) is 0 Å². The number of nitrogens with one attached hydrogen (secondary N) is 1. The van der Waals surface area contributed by atoms with E-state index in [9.17, 15) is 9.59 Å². The van der Waals surface area contributed by atoms with E-state index in [2.05, 4.69) is 5.32 Å². The van der Waals surface area contributed by atoms with Crippen LogP contribution in [0.15, 0.2) is 24.3 Å². The maximum Gasteiger partial charge on any atom is 0.335 e. The number of aliphatic hydroxyl groups excluding tert-OH is 1. The molecule has 0 aliphatic heterocycles. The highest BCUT2D eigenvalue weighted by Gasteiger charge is 2.10. The fraction of sp³-hybridized carbons (Fsp3) is 0.385. The van der Waals surface area contributed by atoms with Gasteiger partial charge in [-0.15, -0.1) is 0 Å². The highest BCUT2D eigenvalue weighted by molar-refractivity contribution is 5.87. The van der Waals surface area contributed by atoms with Crippen LogP contribution in [-0.4, -0.2) is 46.8 Å². The molecular formula is C13H18N2O4. The quantitative estimate of drug-likeness (QED) is 0.739. The second kappa shape index (κ2) is 6.75. The van der Waals surface area contributed by atoms with Crippen LogP contribution in [0, 0.1) is 0 Å². The van der Waals surface area contributed by atoms with E-state index in [1.807, 2.05) is 0 Å². The summed E-state index contributed by atoms with van der Waals surface area (Å²) in [5.74, 6) is -1.00. The van der Waals surface area contributed by atoms with Crippen molar-refractivity contribution in [1.82, 2.24) is 10.2 Å². The number of benzene rings is 1. The van der Waals surface area contributed by atoms with Gasteiger partial charge in [-0.25, -0.2) is 9.59 Å². The molecule has 1 aromatic rings. The van der Waals surface area contributed by atoms with Gasteiger partial charge in [-0.2, -0.15) is 0 Å². The number of rotatable bonds is 5. The molecule has 6 nitrogen and oxygen atoms in total. The Morgan fingerprint density at radius 3 is 2.68 bits per heavy atom. The molecule has 3 N–H and O–H groups in total. The zero-order chi connectivity index (χ0) is 14.4. The first-order chi connectivity index (χ1) is 8.90. The lowest BCUT2D eigenvalue weighted by atomic mass is 10.1. The SMILES string of the molecule is CC(O)CN(C)C(=O)NCc1cccc(C(=O)O)c1. The summed E-state index contributed by atoms with van der Waals surface area (Å²) in [4.78, 5) is 23.8. The Morgan fingerprint density at radius 2 is 2.11 bits per heavy atom. The van der Waals surface area contributed by atoms with Crippen LogP contribution in [0.1, 0.15) is 22.8 Å². The van der Waals surface area contributed by atoms with E-state index in [0.717, 1.165) is 0 Å². The molecule has 0 aliphatic rings. The number of likely N-dealkylation sites (N-methyl/N-ethyl adjacent to an activating group) is 1. The predicted molar refractivity (Wildman–Crippen MR) is 69.9 cm³/mol. The number of aliphatic hydroxyl groups is 1. The number of carbonyl (C=O) groups excluding carboxylic acids is 1. The van der Waals surface area contributed by atoms with Crippen molar-refractivity contribution in [2.24, 2.45) is 0 Å². The van der Waals surface area contributed by atoms with E-state index >= 15 is 0 Å². The molecule has 0 saturated carbocycles. The lowest BCUT2D eigenvalue weighted by Gasteiger charge is -2.19. The molecule has 0 fully saturated rings. The van der Waals surface area contributed by atoms with Crippen LogP contribution in [0.25, 0.3) is 0 Å². The van der Waals surface area contributed by atoms with Crippen LogP contribution in [0.4, 0.5) is 4.79 Å². The molecule has 2 amide bonds. The van der Waals surface area contributed by atoms with Crippen molar-refractivity contribution in [2.45, 2.75) is 19.6 Å². The smallest absolute Gasteiger partial charge is 0.335 e. The summed E-state index contributed by atoms with van der Waals surface area (Å²) in [5.41, 5.74) is 0.891. The lowest BCUT2D eigenvalue weighted by Crippen LogP contribution is -2.40. The molecule has 1 rings (SSSR count). The van der Waals surface area contributed by atoms with Crippen molar-refractivity contribution < 1.29 is 19.8 Å². The topological polar surface area (TPSA) is 89.9 Å². The second-order valence-corrected chi connectivity index (χ2v) is 4.39. The molecule has 6 heteroatoms. The summed E-state index contributed by atoms with van der Waals surface area (Å²) in [7, 11) is 1.58. The van der Waals surface area contributed by atoms with E-state index in [1.54, 1.807) is 26.1 Å². The first-order valence-corrected chi connectivity index (χ1v) is 5.89. The number of hydrogen-bond donors (Lipinski definition) is 3. The van der Waals surface area contributed by atoms with Crippen molar-refractivity contribution in [3.63, 3.8) is 0 Å². The van der Waals surface area contributed by atoms with E-state index < -0.39 is 12.1 Å². The van der Waals surface area contributed by atoms with Gasteiger partial charge in [0.25, 0.3) is 0 Å². The fourth-order valence-corrected chi connectivity index (χ4v) is 1.61. The molecule has 0 radical (unpaired) electrons. The zero-order valence-electron chi connectivity index (χ0n) is 11.0. The van der Waals surface area contributed by atoms with Crippen LogP contribution in [0.2, 0.25) is 0 Å². The number of nitrogens with zero attached hydrogens (tertiary/aromatic N) is 1. The summed E-state index contributed by atoms with van der Waals surface area (Å²) < 4.78 is 0. The molecule has 0 bridgehead atoms. The maximum atomic E-state index is 11.7. The maximum absolute atomic E-state index is 11.7. The number of urea groups is 1. The third kappa shape index (κ3) is 4.97. The van der Waals surface area contributed by atoms with Gasteiger partial charge < -0.3 is 20.4 Å². The van der Waals surface area contributed by atoms with Crippen LogP contribution in [0.3, 0.4) is 0 Å². The number of amides is 2. The Labute approximate surface area is 111 Å². The Hall–Kier alpha value is -2.08. The Kier molecular flexibility index (Phi) is 5.32. The van der Waals surface area contributed by atoms with Crippen molar-refractivity contribution in [2.75, 3.05) is 13.6 Å². The molecule has 1 aromatic carbocycles. The molecule has 19 heavy (non-hydrogen) atoms. The number of carboxylic acid groups (broad SMARTS) is 1. The second-order valence-electron chi connectivity index (χ2n) is 4.39. The first-order valence-electron chi connectivity index (χ1n) is 5.89. The summed E-state index contributed by atoms with van der Waals surface area (Å²) in [6.45, 7) is 2.07. The van der Waals surface area contributed by atoms with E-state index in [1.165, 1.54) is 17.0 Å². The highest BCUT2D eigenvalue weighted by atomic mass is 16.4. The minimum absolute atomic E-state index is 0.184. The summed E-state index contributed by atoms with van der Waals surface area (Å²) >= 11 is 0. The van der Waals surface area contributed by atoms with Crippen molar-refractivity contribution in [3.8, 4) is 0 Å². The van der Waals surface area contributed by atoms with Crippen LogP contribution in [-0.2, 0) is 6.54 Å². The average molecular weight is 266 g/mol. The molecule has 0 heterocycles. The van der Waals surface area contributed by atoms with Gasteiger partial charge in [0.2, 0.25) is 0 Å². The highest BCUT2D eigenvalue weighted by Crippen LogP contribution is 2.05. The summed E-state index contributed by atoms with van der Waals surface area (Å²) in [6, 6.07) is 6.05. The normalized spacial score (nSPS) is 11.7. The number of carbonyl (C=O) groups is 2. The zero-order valence-corrected chi connectivity index (χ0v) is 11.0. The largest absolute Gasteiger partial charge is 0.478 e. The monoisotopic (exact) mass is 266 g/mol. The Morgan fingerprint density at radius 1 is 1.42 bits per heavy atom. The molecule has 1 atom stereocenters. The third-order valence-electron chi connectivity index (χ3n) is 2.50. The summed E-state index contributed by atoms with van der Waals surface area (Å²) in [5, 5.41) is 20.7. The minimum Gasteiger partial charge on any atom is -0.478 e. The Balaban J connectivity index is 2.54. The van der Waals surface area contributed by atoms with E-state index in [-0.39, 0.29) is 24.7 Å². The van der Waals surface area contributed by atoms with Crippen LogP contribution >= 0.6 is 0 Å². The standard InChI is InChI=1S/C13H18N2O4/c1-9(16)8-15(2)13(19)14-7-10-4-3-5-11(6-10)12(17)18/h3-6,9,16H,7-8H2,1-2H3,(H,14,19)(H,17,18). The van der Waals surface area contributed by atoms with Crippen molar-refractivity contribution in [3.05, 3.63) is 35.4 Å². The number of aromatic carboxylic acids is 1. The van der Waals surface area contributed by atoms with Gasteiger partial charge in [0.15, 0.2) is 0 Å². The van der Waals surface area contributed by atoms with Gasteiger partial charge >= 0.3 is 12.0 Å². The number of carboxylic acids is 1. The lowest BCUT2D eigenvalue weighted by molar-refractivity contribution is 0.0696. The van der Waals surface area contributed by atoms with Gasteiger partial charge in [-0.05, 0) is 24.6 Å². The molecule has 0 aromatic heterocycles. The van der Waals surface area contributed by atoms with Gasteiger partial charge in [0.05, 0.1) is 11.7 Å². The van der Waals surface area contributed by atoms with Gasteiger partial charge in [0, 0.05) is 20.1 Å². The summed E-state index contributed by atoms with van der Waals surface area (Å²) in [6.07, 6.45) is -0.592. The fourth-order valence-electron chi connectivity index (χ4n) is 1.61. The molecule has 0 aliphatic carbocycles.